The Bertz CT molecular complexity index is 587. The number of nitrogens with zero attached hydrogens (tertiary/aromatic N) is 1. The second kappa shape index (κ2) is 6.06. The lowest BCUT2D eigenvalue weighted by Crippen LogP contribution is -2.24. The topological polar surface area (TPSA) is 62.2 Å². The quantitative estimate of drug-likeness (QED) is 0.821. The summed E-state index contributed by atoms with van der Waals surface area (Å²) in [7, 11) is 0. The van der Waals surface area contributed by atoms with Crippen LogP contribution in [0.5, 0.6) is 0 Å². The highest BCUT2D eigenvalue weighted by molar-refractivity contribution is 5.94. The predicted molar refractivity (Wildman–Crippen MR) is 67.7 cm³/mol. The zero-order chi connectivity index (χ0) is 13.7. The molecule has 0 radical (unpaired) electrons. The lowest BCUT2D eigenvalue weighted by atomic mass is 10.1. The van der Waals surface area contributed by atoms with Gasteiger partial charge in [0.1, 0.15) is 0 Å². The number of aliphatic hydroxyl groups excluding tert-OH is 1. The molecular formula is C14H13FN2O2. The van der Waals surface area contributed by atoms with Gasteiger partial charge in [-0.15, -0.1) is 0 Å². The Balaban J connectivity index is 2.02. The Morgan fingerprint density at radius 3 is 2.79 bits per heavy atom. The van der Waals surface area contributed by atoms with Crippen LogP contribution in [0.2, 0.25) is 0 Å². The third-order valence-corrected chi connectivity index (χ3v) is 2.63. The maximum Gasteiger partial charge on any atom is 0.256 e. The van der Waals surface area contributed by atoms with Gasteiger partial charge in [0.2, 0.25) is 5.95 Å². The summed E-state index contributed by atoms with van der Waals surface area (Å²) in [6.45, 7) is 0.208. The van der Waals surface area contributed by atoms with Gasteiger partial charge >= 0.3 is 0 Å². The van der Waals surface area contributed by atoms with Crippen LogP contribution in [0, 0.1) is 5.95 Å². The van der Waals surface area contributed by atoms with Gasteiger partial charge in [0.25, 0.3) is 5.91 Å². The number of nitrogens with one attached hydrogen (secondary N) is 1. The van der Waals surface area contributed by atoms with Crippen molar-refractivity contribution in [3.63, 3.8) is 0 Å². The Morgan fingerprint density at radius 1 is 1.26 bits per heavy atom. The second-order valence-corrected chi connectivity index (χ2v) is 4.00. The molecule has 2 N–H and O–H groups in total. The first-order valence-electron chi connectivity index (χ1n) is 5.78. The number of rotatable bonds is 4. The second-order valence-electron chi connectivity index (χ2n) is 4.00. The number of benzene rings is 1. The van der Waals surface area contributed by atoms with Gasteiger partial charge < -0.3 is 10.4 Å². The molecule has 0 fully saturated rings. The molecule has 0 saturated carbocycles. The number of aromatic nitrogens is 1. The molecule has 1 aromatic carbocycles. The van der Waals surface area contributed by atoms with Gasteiger partial charge in [0.05, 0.1) is 12.2 Å². The van der Waals surface area contributed by atoms with E-state index in [4.69, 9.17) is 5.11 Å². The SMILES string of the molecule is O=C(NCc1cccc(CO)c1)c1cccnc1F. The van der Waals surface area contributed by atoms with E-state index in [0.717, 1.165) is 11.1 Å². The van der Waals surface area contributed by atoms with Crippen molar-refractivity contribution in [1.29, 1.82) is 0 Å². The molecule has 0 spiro atoms. The summed E-state index contributed by atoms with van der Waals surface area (Å²) < 4.78 is 13.3. The van der Waals surface area contributed by atoms with Gasteiger partial charge in [-0.2, -0.15) is 4.39 Å². The first kappa shape index (κ1) is 13.2. The van der Waals surface area contributed by atoms with Gasteiger partial charge in [0.15, 0.2) is 0 Å². The maximum absolute atomic E-state index is 13.3. The smallest absolute Gasteiger partial charge is 0.256 e. The zero-order valence-corrected chi connectivity index (χ0v) is 10.1. The average Bonchev–Trinajstić information content (AvgIpc) is 2.45. The van der Waals surface area contributed by atoms with Crippen molar-refractivity contribution in [3.05, 3.63) is 65.2 Å². The van der Waals surface area contributed by atoms with Crippen LogP contribution in [0.4, 0.5) is 4.39 Å². The van der Waals surface area contributed by atoms with Crippen molar-refractivity contribution in [2.75, 3.05) is 0 Å². The van der Waals surface area contributed by atoms with Crippen LogP contribution < -0.4 is 5.32 Å². The Kier molecular flexibility index (Phi) is 4.20. The molecule has 0 bridgehead atoms. The maximum atomic E-state index is 13.3. The van der Waals surface area contributed by atoms with E-state index in [0.29, 0.717) is 0 Å². The Morgan fingerprint density at radius 2 is 2.05 bits per heavy atom. The highest BCUT2D eigenvalue weighted by Gasteiger charge is 2.11. The minimum Gasteiger partial charge on any atom is -0.392 e. The number of carbonyl (C=O) groups excluding carboxylic acids is 1. The standard InChI is InChI=1S/C14H13FN2O2/c15-13-12(5-2-6-16-13)14(19)17-8-10-3-1-4-11(7-10)9-18/h1-7,18H,8-9H2,(H,17,19). The molecule has 0 aliphatic heterocycles. The van der Waals surface area contributed by atoms with Gasteiger partial charge in [-0.3, -0.25) is 4.79 Å². The number of halogens is 1. The predicted octanol–water partition coefficient (Wildman–Crippen LogP) is 1.64. The van der Waals surface area contributed by atoms with Crippen LogP contribution in [-0.4, -0.2) is 16.0 Å². The largest absolute Gasteiger partial charge is 0.392 e. The summed E-state index contributed by atoms with van der Waals surface area (Å²) in [5.74, 6) is -1.30. The number of hydrogen-bond donors (Lipinski definition) is 2. The van der Waals surface area contributed by atoms with Crippen LogP contribution >= 0.6 is 0 Å². The molecule has 2 aromatic rings. The number of hydrogen-bond acceptors (Lipinski definition) is 3. The minimum atomic E-state index is -0.788. The third-order valence-electron chi connectivity index (χ3n) is 2.63. The number of pyridine rings is 1. The molecule has 0 aliphatic carbocycles. The molecule has 2 rings (SSSR count). The molecule has 19 heavy (non-hydrogen) atoms. The van der Waals surface area contributed by atoms with E-state index < -0.39 is 11.9 Å². The van der Waals surface area contributed by atoms with Crippen LogP contribution in [0.15, 0.2) is 42.6 Å². The van der Waals surface area contributed by atoms with Crippen LogP contribution in [0.3, 0.4) is 0 Å². The molecule has 0 saturated heterocycles. The molecular weight excluding hydrogens is 247 g/mol. The number of amides is 1. The summed E-state index contributed by atoms with van der Waals surface area (Å²) in [5.41, 5.74) is 1.52. The summed E-state index contributed by atoms with van der Waals surface area (Å²) >= 11 is 0. The zero-order valence-electron chi connectivity index (χ0n) is 10.1. The van der Waals surface area contributed by atoms with Gasteiger partial charge in [0, 0.05) is 12.7 Å². The van der Waals surface area contributed by atoms with Crippen LogP contribution in [0.25, 0.3) is 0 Å². The fourth-order valence-electron chi connectivity index (χ4n) is 1.67. The van der Waals surface area contributed by atoms with E-state index in [1.54, 1.807) is 18.2 Å². The fourth-order valence-corrected chi connectivity index (χ4v) is 1.67. The van der Waals surface area contributed by atoms with E-state index in [-0.39, 0.29) is 18.7 Å². The number of carbonyl (C=O) groups is 1. The fraction of sp³-hybridized carbons (Fsp3) is 0.143. The normalized spacial score (nSPS) is 10.2. The van der Waals surface area contributed by atoms with Crippen molar-refractivity contribution in [2.24, 2.45) is 0 Å². The van der Waals surface area contributed by atoms with E-state index in [9.17, 15) is 9.18 Å². The molecule has 0 unspecified atom stereocenters. The van der Waals surface area contributed by atoms with E-state index in [1.165, 1.54) is 18.3 Å². The van der Waals surface area contributed by atoms with Crippen LogP contribution in [-0.2, 0) is 13.2 Å². The number of aliphatic hydroxyl groups is 1. The molecule has 1 heterocycles. The molecule has 98 valence electrons. The molecule has 1 amide bonds. The van der Waals surface area contributed by atoms with Crippen molar-refractivity contribution in [1.82, 2.24) is 10.3 Å². The molecule has 5 heteroatoms. The lowest BCUT2D eigenvalue weighted by molar-refractivity contribution is 0.0946. The minimum absolute atomic E-state index is 0.0565. The van der Waals surface area contributed by atoms with Crippen molar-refractivity contribution in [3.8, 4) is 0 Å². The molecule has 4 nitrogen and oxygen atoms in total. The first-order chi connectivity index (χ1) is 9.20. The van der Waals surface area contributed by atoms with Crippen molar-refractivity contribution < 1.29 is 14.3 Å². The lowest BCUT2D eigenvalue weighted by Gasteiger charge is -2.06. The Hall–Kier alpha value is -2.27. The van der Waals surface area contributed by atoms with Crippen LogP contribution in [0.1, 0.15) is 21.5 Å². The van der Waals surface area contributed by atoms with Gasteiger partial charge in [-0.1, -0.05) is 24.3 Å². The monoisotopic (exact) mass is 260 g/mol. The molecule has 0 aliphatic rings. The molecule has 1 aromatic heterocycles. The summed E-state index contributed by atoms with van der Waals surface area (Å²) in [6, 6.07) is 10.1. The van der Waals surface area contributed by atoms with Gasteiger partial charge in [-0.25, -0.2) is 4.98 Å². The van der Waals surface area contributed by atoms with Crippen molar-refractivity contribution in [2.45, 2.75) is 13.2 Å². The average molecular weight is 260 g/mol. The van der Waals surface area contributed by atoms with E-state index >= 15 is 0 Å². The van der Waals surface area contributed by atoms with E-state index in [2.05, 4.69) is 10.3 Å². The first-order valence-corrected chi connectivity index (χ1v) is 5.78. The highest BCUT2D eigenvalue weighted by atomic mass is 19.1. The molecule has 0 atom stereocenters. The summed E-state index contributed by atoms with van der Waals surface area (Å²) in [6.07, 6.45) is 1.29. The third kappa shape index (κ3) is 3.35. The summed E-state index contributed by atoms with van der Waals surface area (Å²) in [4.78, 5) is 15.2. The van der Waals surface area contributed by atoms with Crippen molar-refractivity contribution >= 4 is 5.91 Å². The Labute approximate surface area is 109 Å². The highest BCUT2D eigenvalue weighted by Crippen LogP contribution is 2.06. The van der Waals surface area contributed by atoms with E-state index in [1.807, 2.05) is 6.07 Å². The summed E-state index contributed by atoms with van der Waals surface area (Å²) in [5, 5.41) is 11.6. The van der Waals surface area contributed by atoms with Gasteiger partial charge in [-0.05, 0) is 23.3 Å².